The van der Waals surface area contributed by atoms with Crippen LogP contribution in [0.5, 0.6) is 0 Å². The van der Waals surface area contributed by atoms with Crippen LogP contribution in [-0.2, 0) is 17.6 Å². The van der Waals surface area contributed by atoms with Gasteiger partial charge in [-0.2, -0.15) is 0 Å². The lowest BCUT2D eigenvalue weighted by atomic mass is 10.1. The fourth-order valence-electron chi connectivity index (χ4n) is 3.52. The summed E-state index contributed by atoms with van der Waals surface area (Å²) in [6.07, 6.45) is 0.985. The Morgan fingerprint density at radius 2 is 1.81 bits per heavy atom. The maximum absolute atomic E-state index is 12.6. The van der Waals surface area contributed by atoms with Crippen LogP contribution in [0, 0.1) is 5.92 Å². The van der Waals surface area contributed by atoms with Crippen molar-refractivity contribution in [3.8, 4) is 11.4 Å². The Kier molecular flexibility index (Phi) is 6.44. The molecule has 0 saturated heterocycles. The molecule has 2 aromatic carbocycles. The molecular weight excluding hydrogens is 402 g/mol. The third kappa shape index (κ3) is 5.11. The maximum Gasteiger partial charge on any atom is 0.256 e. The highest BCUT2D eigenvalue weighted by molar-refractivity contribution is 6.01. The van der Waals surface area contributed by atoms with E-state index in [1.165, 1.54) is 0 Å². The number of hydrogen-bond donors (Lipinski definition) is 3. The van der Waals surface area contributed by atoms with Crippen molar-refractivity contribution in [2.45, 2.75) is 26.7 Å². The van der Waals surface area contributed by atoms with Gasteiger partial charge in [-0.3, -0.25) is 9.59 Å². The molecule has 0 aliphatic carbocycles. The first kappa shape index (κ1) is 21.5. The molecule has 2 amide bonds. The molecule has 0 spiro atoms. The van der Waals surface area contributed by atoms with Crippen molar-refractivity contribution in [3.63, 3.8) is 0 Å². The summed E-state index contributed by atoms with van der Waals surface area (Å²) in [5.41, 5.74) is 3.82. The van der Waals surface area contributed by atoms with Gasteiger partial charge < -0.3 is 16.0 Å². The molecule has 0 radical (unpaired) electrons. The normalized spacial score (nSPS) is 12.8. The molecule has 0 unspecified atom stereocenters. The van der Waals surface area contributed by atoms with E-state index in [4.69, 9.17) is 0 Å². The van der Waals surface area contributed by atoms with E-state index in [0.29, 0.717) is 49.1 Å². The molecule has 32 heavy (non-hydrogen) atoms. The highest BCUT2D eigenvalue weighted by Gasteiger charge is 2.25. The number of hydrogen-bond acceptors (Lipinski definition) is 5. The number of carbonyl (C=O) groups excluding carboxylic acids is 2. The lowest BCUT2D eigenvalue weighted by Gasteiger charge is -2.20. The number of nitrogens with zero attached hydrogens (tertiary/aromatic N) is 2. The van der Waals surface area contributed by atoms with E-state index in [2.05, 4.69) is 39.8 Å². The van der Waals surface area contributed by atoms with Crippen LogP contribution in [0.3, 0.4) is 0 Å². The van der Waals surface area contributed by atoms with E-state index in [1.54, 1.807) is 0 Å². The summed E-state index contributed by atoms with van der Waals surface area (Å²) in [5, 5.41) is 9.08. The molecule has 4 rings (SSSR count). The van der Waals surface area contributed by atoms with E-state index in [9.17, 15) is 9.59 Å². The molecular formula is C25H27N5O2. The summed E-state index contributed by atoms with van der Waals surface area (Å²) >= 11 is 0. The quantitative estimate of drug-likeness (QED) is 0.534. The van der Waals surface area contributed by atoms with Crippen molar-refractivity contribution in [3.05, 3.63) is 71.4 Å². The Morgan fingerprint density at radius 3 is 2.53 bits per heavy atom. The molecule has 0 saturated carbocycles. The third-order valence-electron chi connectivity index (χ3n) is 5.18. The van der Waals surface area contributed by atoms with Crippen molar-refractivity contribution in [1.82, 2.24) is 20.6 Å². The molecule has 3 aromatic rings. The lowest BCUT2D eigenvalue weighted by Crippen LogP contribution is -2.33. The van der Waals surface area contributed by atoms with E-state index >= 15 is 0 Å². The van der Waals surface area contributed by atoms with Crippen LogP contribution in [0.25, 0.3) is 11.4 Å². The fourth-order valence-corrected chi connectivity index (χ4v) is 3.52. The number of fused-ring (bicyclic) bond motifs is 1. The Balaban J connectivity index is 1.57. The number of benzene rings is 2. The zero-order valence-corrected chi connectivity index (χ0v) is 18.3. The number of amides is 2. The highest BCUT2D eigenvalue weighted by Crippen LogP contribution is 2.27. The second-order valence-electron chi connectivity index (χ2n) is 8.29. The first-order chi connectivity index (χ1) is 15.5. The van der Waals surface area contributed by atoms with Crippen LogP contribution >= 0.6 is 0 Å². The summed E-state index contributed by atoms with van der Waals surface area (Å²) in [5.74, 6) is 1.32. The van der Waals surface area contributed by atoms with E-state index in [0.717, 1.165) is 22.5 Å². The Bertz CT molecular complexity index is 1110. The minimum atomic E-state index is -0.174. The molecule has 1 aromatic heterocycles. The van der Waals surface area contributed by atoms with Crippen molar-refractivity contribution in [2.75, 3.05) is 18.4 Å². The molecule has 0 bridgehead atoms. The average Bonchev–Trinajstić information content (AvgIpc) is 2.79. The number of aromatic nitrogens is 2. The standard InChI is InChI=1S/C25H27N5O2/c1-16(2)15-27-21(31)14-17-8-10-19(11-9-17)28-24-22-20(12-13-26-25(22)32)29-23(30-24)18-6-4-3-5-7-18/h3-11,16H,12-15H2,1-2H3,(H,26,32)(H,27,31)(H,28,29,30). The molecule has 7 nitrogen and oxygen atoms in total. The molecule has 7 heteroatoms. The van der Waals surface area contributed by atoms with Gasteiger partial charge in [0.05, 0.1) is 12.1 Å². The van der Waals surface area contributed by atoms with Crippen LogP contribution in [0.1, 0.15) is 35.5 Å². The highest BCUT2D eigenvalue weighted by atomic mass is 16.2. The minimum absolute atomic E-state index is 0.00783. The number of rotatable bonds is 7. The van der Waals surface area contributed by atoms with Gasteiger partial charge in [-0.1, -0.05) is 56.3 Å². The van der Waals surface area contributed by atoms with Gasteiger partial charge in [-0.25, -0.2) is 9.97 Å². The smallest absolute Gasteiger partial charge is 0.256 e. The van der Waals surface area contributed by atoms with Crippen molar-refractivity contribution < 1.29 is 9.59 Å². The predicted octanol–water partition coefficient (Wildman–Crippen LogP) is 3.49. The van der Waals surface area contributed by atoms with E-state index in [1.807, 2.05) is 54.6 Å². The zero-order valence-electron chi connectivity index (χ0n) is 18.3. The first-order valence-electron chi connectivity index (χ1n) is 10.9. The third-order valence-corrected chi connectivity index (χ3v) is 5.18. The van der Waals surface area contributed by atoms with Gasteiger partial charge in [0, 0.05) is 30.8 Å². The van der Waals surface area contributed by atoms with E-state index < -0.39 is 0 Å². The van der Waals surface area contributed by atoms with Crippen LogP contribution in [-0.4, -0.2) is 34.9 Å². The van der Waals surface area contributed by atoms with E-state index in [-0.39, 0.29) is 11.8 Å². The van der Waals surface area contributed by atoms with Crippen molar-refractivity contribution in [2.24, 2.45) is 5.92 Å². The average molecular weight is 430 g/mol. The molecule has 2 heterocycles. The predicted molar refractivity (Wildman–Crippen MR) is 125 cm³/mol. The largest absolute Gasteiger partial charge is 0.356 e. The van der Waals surface area contributed by atoms with Gasteiger partial charge in [-0.15, -0.1) is 0 Å². The lowest BCUT2D eigenvalue weighted by molar-refractivity contribution is -0.120. The molecule has 164 valence electrons. The number of carbonyl (C=O) groups is 2. The van der Waals surface area contributed by atoms with Gasteiger partial charge in [0.25, 0.3) is 5.91 Å². The maximum atomic E-state index is 12.6. The molecule has 0 fully saturated rings. The number of nitrogens with one attached hydrogen (secondary N) is 3. The van der Waals surface area contributed by atoms with Gasteiger partial charge in [0.15, 0.2) is 5.82 Å². The Labute approximate surface area is 187 Å². The molecule has 1 aliphatic heterocycles. The van der Waals surface area contributed by atoms with Crippen molar-refractivity contribution in [1.29, 1.82) is 0 Å². The molecule has 3 N–H and O–H groups in total. The van der Waals surface area contributed by atoms with Gasteiger partial charge in [0.2, 0.25) is 5.91 Å². The fraction of sp³-hybridized carbons (Fsp3) is 0.280. The summed E-state index contributed by atoms with van der Waals surface area (Å²) in [7, 11) is 0. The Morgan fingerprint density at radius 1 is 1.06 bits per heavy atom. The molecule has 1 aliphatic rings. The Hall–Kier alpha value is -3.74. The first-order valence-corrected chi connectivity index (χ1v) is 10.9. The van der Waals surface area contributed by atoms with Crippen LogP contribution in [0.15, 0.2) is 54.6 Å². The van der Waals surface area contributed by atoms with Gasteiger partial charge in [-0.05, 0) is 23.6 Å². The minimum Gasteiger partial charge on any atom is -0.356 e. The van der Waals surface area contributed by atoms with Crippen LogP contribution < -0.4 is 16.0 Å². The summed E-state index contributed by atoms with van der Waals surface area (Å²) in [4.78, 5) is 33.9. The second kappa shape index (κ2) is 9.60. The summed E-state index contributed by atoms with van der Waals surface area (Å²) < 4.78 is 0. The van der Waals surface area contributed by atoms with Crippen LogP contribution in [0.4, 0.5) is 11.5 Å². The summed E-state index contributed by atoms with van der Waals surface area (Å²) in [6.45, 7) is 5.36. The number of anilines is 2. The van der Waals surface area contributed by atoms with Crippen LogP contribution in [0.2, 0.25) is 0 Å². The zero-order chi connectivity index (χ0) is 22.5. The topological polar surface area (TPSA) is 96.0 Å². The van der Waals surface area contributed by atoms with Gasteiger partial charge in [0.1, 0.15) is 11.4 Å². The molecule has 0 atom stereocenters. The van der Waals surface area contributed by atoms with Gasteiger partial charge >= 0.3 is 0 Å². The SMILES string of the molecule is CC(C)CNC(=O)Cc1ccc(Nc2nc(-c3ccccc3)nc3c2C(=O)NCC3)cc1. The second-order valence-corrected chi connectivity index (χ2v) is 8.29. The monoisotopic (exact) mass is 429 g/mol. The summed E-state index contributed by atoms with van der Waals surface area (Å²) in [6, 6.07) is 17.3. The van der Waals surface area contributed by atoms with Crippen molar-refractivity contribution >= 4 is 23.3 Å².